The van der Waals surface area contributed by atoms with Crippen LogP contribution >= 0.6 is 0 Å². The van der Waals surface area contributed by atoms with Crippen LogP contribution in [-0.2, 0) is 21.3 Å². The van der Waals surface area contributed by atoms with Crippen molar-refractivity contribution in [1.29, 1.82) is 0 Å². The molecule has 3 heterocycles. The minimum absolute atomic E-state index is 0.111. The van der Waals surface area contributed by atoms with Gasteiger partial charge < -0.3 is 10.1 Å². The van der Waals surface area contributed by atoms with Gasteiger partial charge in [0.25, 0.3) is 5.91 Å². The van der Waals surface area contributed by atoms with E-state index in [-0.39, 0.29) is 12.0 Å². The third kappa shape index (κ3) is 4.89. The molecule has 8 nitrogen and oxygen atoms in total. The lowest BCUT2D eigenvalue weighted by Gasteiger charge is -2.26. The van der Waals surface area contributed by atoms with Gasteiger partial charge in [0.15, 0.2) is 0 Å². The Balaban J connectivity index is 1.44. The second-order valence-corrected chi connectivity index (χ2v) is 10.5. The highest BCUT2D eigenvalue weighted by molar-refractivity contribution is 7.89. The summed E-state index contributed by atoms with van der Waals surface area (Å²) in [6.45, 7) is 6.44. The van der Waals surface area contributed by atoms with Crippen LogP contribution in [0.15, 0.2) is 29.2 Å². The normalized spacial score (nSPS) is 19.9. The molecule has 2 aliphatic heterocycles. The first-order chi connectivity index (χ1) is 15.4. The maximum Gasteiger partial charge on any atom is 0.251 e. The Kier molecular flexibility index (Phi) is 6.97. The minimum atomic E-state index is -3.54. The van der Waals surface area contributed by atoms with Gasteiger partial charge in [-0.05, 0) is 57.2 Å². The number of aryl methyl sites for hydroxylation is 1. The lowest BCUT2D eigenvalue weighted by molar-refractivity contribution is 0.0858. The van der Waals surface area contributed by atoms with Gasteiger partial charge in [-0.25, -0.2) is 8.42 Å². The highest BCUT2D eigenvalue weighted by Crippen LogP contribution is 2.26. The van der Waals surface area contributed by atoms with Crippen molar-refractivity contribution in [3.05, 3.63) is 46.8 Å². The van der Waals surface area contributed by atoms with Gasteiger partial charge in [-0.2, -0.15) is 9.40 Å². The quantitative estimate of drug-likeness (QED) is 0.686. The molecule has 1 aromatic carbocycles. The Morgan fingerprint density at radius 1 is 1.12 bits per heavy atom. The molecule has 32 heavy (non-hydrogen) atoms. The van der Waals surface area contributed by atoms with Crippen LogP contribution < -0.4 is 5.32 Å². The fourth-order valence-electron chi connectivity index (χ4n) is 4.49. The SMILES string of the molecule is Cc1nn(Cc2ccc(C(=O)NCC3CCCO3)cc2)c(C)c1S(=O)(=O)N1CCCCC1. The highest BCUT2D eigenvalue weighted by Gasteiger charge is 2.31. The summed E-state index contributed by atoms with van der Waals surface area (Å²) in [4.78, 5) is 12.7. The number of benzene rings is 1. The van der Waals surface area contributed by atoms with Crippen LogP contribution in [0.1, 0.15) is 59.4 Å². The van der Waals surface area contributed by atoms with Crippen molar-refractivity contribution in [2.75, 3.05) is 26.2 Å². The number of amides is 1. The summed E-state index contributed by atoms with van der Waals surface area (Å²) in [5.41, 5.74) is 2.71. The Labute approximate surface area is 190 Å². The minimum Gasteiger partial charge on any atom is -0.376 e. The Morgan fingerprint density at radius 3 is 2.50 bits per heavy atom. The van der Waals surface area contributed by atoms with E-state index < -0.39 is 10.0 Å². The summed E-state index contributed by atoms with van der Waals surface area (Å²) >= 11 is 0. The molecule has 174 valence electrons. The summed E-state index contributed by atoms with van der Waals surface area (Å²) in [6, 6.07) is 7.35. The molecule has 1 atom stereocenters. The zero-order valence-corrected chi connectivity index (χ0v) is 19.7. The summed E-state index contributed by atoms with van der Waals surface area (Å²) in [5, 5.41) is 7.44. The molecular weight excluding hydrogens is 428 g/mol. The molecule has 1 aromatic heterocycles. The van der Waals surface area contributed by atoms with Gasteiger partial charge in [-0.1, -0.05) is 18.6 Å². The molecule has 0 aliphatic carbocycles. The maximum atomic E-state index is 13.2. The van der Waals surface area contributed by atoms with E-state index >= 15 is 0 Å². The average Bonchev–Trinajstić information content (AvgIpc) is 3.41. The summed E-state index contributed by atoms with van der Waals surface area (Å²) < 4.78 is 35.2. The number of hydrogen-bond acceptors (Lipinski definition) is 5. The van der Waals surface area contributed by atoms with E-state index in [1.165, 1.54) is 0 Å². The fraction of sp³-hybridized carbons (Fsp3) is 0.565. The van der Waals surface area contributed by atoms with Crippen molar-refractivity contribution in [2.45, 2.75) is 63.5 Å². The first-order valence-corrected chi connectivity index (χ1v) is 12.8. The number of piperidine rings is 1. The number of ether oxygens (including phenoxy) is 1. The second-order valence-electron chi connectivity index (χ2n) is 8.66. The van der Waals surface area contributed by atoms with E-state index in [1.807, 2.05) is 19.1 Å². The maximum absolute atomic E-state index is 13.2. The van der Waals surface area contributed by atoms with Gasteiger partial charge in [-0.3, -0.25) is 9.48 Å². The van der Waals surface area contributed by atoms with Gasteiger partial charge in [-0.15, -0.1) is 0 Å². The molecule has 2 fully saturated rings. The third-order valence-electron chi connectivity index (χ3n) is 6.29. The zero-order valence-electron chi connectivity index (χ0n) is 18.8. The molecule has 1 unspecified atom stereocenters. The third-order valence-corrected chi connectivity index (χ3v) is 8.44. The largest absolute Gasteiger partial charge is 0.376 e. The molecule has 0 saturated carbocycles. The van der Waals surface area contributed by atoms with Crippen LogP contribution in [0.4, 0.5) is 0 Å². The Morgan fingerprint density at radius 2 is 1.84 bits per heavy atom. The molecule has 1 amide bonds. The van der Waals surface area contributed by atoms with Crippen LogP contribution in [0, 0.1) is 13.8 Å². The molecule has 0 radical (unpaired) electrons. The van der Waals surface area contributed by atoms with Crippen molar-refractivity contribution in [3.63, 3.8) is 0 Å². The number of rotatable bonds is 7. The van der Waals surface area contributed by atoms with Crippen LogP contribution in [0.5, 0.6) is 0 Å². The number of nitrogens with zero attached hydrogens (tertiary/aromatic N) is 3. The number of sulfonamides is 1. The number of nitrogens with one attached hydrogen (secondary N) is 1. The lowest BCUT2D eigenvalue weighted by Crippen LogP contribution is -2.36. The van der Waals surface area contributed by atoms with Gasteiger partial charge in [0.05, 0.1) is 24.0 Å². The summed E-state index contributed by atoms with van der Waals surface area (Å²) in [5.74, 6) is -0.118. The molecule has 1 N–H and O–H groups in total. The Hall–Kier alpha value is -2.23. The molecule has 9 heteroatoms. The summed E-state index contributed by atoms with van der Waals surface area (Å²) in [6.07, 6.45) is 5.02. The number of carbonyl (C=O) groups is 1. The van der Waals surface area contributed by atoms with E-state index in [1.54, 1.807) is 28.0 Å². The van der Waals surface area contributed by atoms with Crippen molar-refractivity contribution >= 4 is 15.9 Å². The first kappa shape index (κ1) is 22.9. The molecule has 2 saturated heterocycles. The van der Waals surface area contributed by atoms with Crippen LogP contribution in [0.3, 0.4) is 0 Å². The molecule has 4 rings (SSSR count). The molecule has 0 bridgehead atoms. The predicted molar refractivity (Wildman–Crippen MR) is 121 cm³/mol. The zero-order chi connectivity index (χ0) is 22.7. The molecular formula is C23H32N4O4S. The van der Waals surface area contributed by atoms with Crippen molar-refractivity contribution in [1.82, 2.24) is 19.4 Å². The van der Waals surface area contributed by atoms with Gasteiger partial charge in [0, 0.05) is 31.8 Å². The van der Waals surface area contributed by atoms with Gasteiger partial charge in [0.1, 0.15) is 4.90 Å². The van der Waals surface area contributed by atoms with Crippen LogP contribution in [0.2, 0.25) is 0 Å². The molecule has 2 aromatic rings. The predicted octanol–water partition coefficient (Wildman–Crippen LogP) is 2.63. The smallest absolute Gasteiger partial charge is 0.251 e. The van der Waals surface area contributed by atoms with E-state index in [9.17, 15) is 13.2 Å². The number of hydrogen-bond donors (Lipinski definition) is 1. The Bertz CT molecular complexity index is 1050. The standard InChI is InChI=1S/C23H32N4O4S/c1-17-22(32(29,30)26-12-4-3-5-13-26)18(2)27(25-17)16-19-8-10-20(11-9-19)23(28)24-15-21-7-6-14-31-21/h8-11,21H,3-7,12-16H2,1-2H3,(H,24,28). The molecule has 0 spiro atoms. The van der Waals surface area contributed by atoms with E-state index in [0.29, 0.717) is 48.0 Å². The van der Waals surface area contributed by atoms with Crippen LogP contribution in [-0.4, -0.2) is 60.8 Å². The van der Waals surface area contributed by atoms with Gasteiger partial charge in [0.2, 0.25) is 10.0 Å². The van der Waals surface area contributed by atoms with Crippen molar-refractivity contribution in [3.8, 4) is 0 Å². The first-order valence-electron chi connectivity index (χ1n) is 11.4. The fourth-order valence-corrected chi connectivity index (χ4v) is 6.38. The highest BCUT2D eigenvalue weighted by atomic mass is 32.2. The average molecular weight is 461 g/mol. The lowest BCUT2D eigenvalue weighted by atomic mass is 10.1. The van der Waals surface area contributed by atoms with Crippen molar-refractivity contribution in [2.24, 2.45) is 0 Å². The summed E-state index contributed by atoms with van der Waals surface area (Å²) in [7, 11) is -3.54. The van der Waals surface area contributed by atoms with Crippen molar-refractivity contribution < 1.29 is 17.9 Å². The van der Waals surface area contributed by atoms with E-state index in [0.717, 1.165) is 44.3 Å². The second kappa shape index (κ2) is 9.72. The number of aromatic nitrogens is 2. The monoisotopic (exact) mass is 460 g/mol. The van der Waals surface area contributed by atoms with E-state index in [2.05, 4.69) is 10.4 Å². The van der Waals surface area contributed by atoms with Gasteiger partial charge >= 0.3 is 0 Å². The van der Waals surface area contributed by atoms with Crippen LogP contribution in [0.25, 0.3) is 0 Å². The topological polar surface area (TPSA) is 93.5 Å². The molecule has 2 aliphatic rings. The van der Waals surface area contributed by atoms with E-state index in [4.69, 9.17) is 4.74 Å². The number of carbonyl (C=O) groups excluding carboxylic acids is 1.